The van der Waals surface area contributed by atoms with Crippen molar-refractivity contribution in [1.29, 1.82) is 0 Å². The van der Waals surface area contributed by atoms with Gasteiger partial charge in [-0.15, -0.1) is 0 Å². The Balaban J connectivity index is 2.60. The molecular weight excluding hydrogens is 268 g/mol. The van der Waals surface area contributed by atoms with E-state index < -0.39 is 24.1 Å². The summed E-state index contributed by atoms with van der Waals surface area (Å²) in [6.45, 7) is 6.80. The van der Waals surface area contributed by atoms with Gasteiger partial charge in [-0.1, -0.05) is 13.8 Å². The lowest BCUT2D eigenvalue weighted by molar-refractivity contribution is -0.141. The van der Waals surface area contributed by atoms with Gasteiger partial charge in [-0.3, -0.25) is 0 Å². The maximum Gasteiger partial charge on any atom is 0.328 e. The number of amides is 2. The molecule has 0 aromatic carbocycles. The zero-order valence-electron chi connectivity index (χ0n) is 11.5. The molecule has 1 aliphatic heterocycles. The number of hydrogen-bond donors (Lipinski definition) is 3. The van der Waals surface area contributed by atoms with E-state index in [2.05, 4.69) is 19.2 Å². The summed E-state index contributed by atoms with van der Waals surface area (Å²) >= 11 is 1.81. The Morgan fingerprint density at radius 3 is 2.53 bits per heavy atom. The molecule has 0 radical (unpaired) electrons. The first-order chi connectivity index (χ1) is 8.73. The minimum absolute atomic E-state index is 0.130. The van der Waals surface area contributed by atoms with Gasteiger partial charge >= 0.3 is 12.0 Å². The fourth-order valence-electron chi connectivity index (χ4n) is 1.84. The average molecular weight is 290 g/mol. The van der Waals surface area contributed by atoms with Gasteiger partial charge in [0, 0.05) is 23.6 Å². The van der Waals surface area contributed by atoms with Crippen molar-refractivity contribution in [2.45, 2.75) is 44.1 Å². The number of rotatable bonds is 3. The van der Waals surface area contributed by atoms with Gasteiger partial charge in [0.05, 0.1) is 6.10 Å². The number of carboxylic acids is 1. The molecule has 0 bridgehead atoms. The minimum atomic E-state index is -1.27. The first-order valence-corrected chi connectivity index (χ1v) is 7.32. The Labute approximate surface area is 117 Å². The fourth-order valence-corrected chi connectivity index (χ4v) is 2.94. The van der Waals surface area contributed by atoms with Gasteiger partial charge in [-0.2, -0.15) is 11.8 Å². The SMILES string of the molecule is CC(O)C(NC(=O)N1CCSC(C)(C)CC1)C(=O)O. The Morgan fingerprint density at radius 1 is 1.37 bits per heavy atom. The standard InChI is InChI=1S/C12H22N2O4S/c1-8(15)9(10(16)17)13-11(18)14-5-4-12(2,3)19-7-6-14/h8-9,15H,4-7H2,1-3H3,(H,13,18)(H,16,17). The van der Waals surface area contributed by atoms with E-state index in [1.165, 1.54) is 6.92 Å². The average Bonchev–Trinajstić information content (AvgIpc) is 2.46. The van der Waals surface area contributed by atoms with E-state index in [4.69, 9.17) is 5.11 Å². The molecule has 1 heterocycles. The van der Waals surface area contributed by atoms with Crippen molar-refractivity contribution in [3.63, 3.8) is 0 Å². The molecule has 0 spiro atoms. The first-order valence-electron chi connectivity index (χ1n) is 6.33. The lowest BCUT2D eigenvalue weighted by Gasteiger charge is -2.25. The highest BCUT2D eigenvalue weighted by molar-refractivity contribution is 8.00. The molecule has 1 rings (SSSR count). The summed E-state index contributed by atoms with van der Waals surface area (Å²) in [6.07, 6.45) is -0.267. The molecule has 3 N–H and O–H groups in total. The number of thioether (sulfide) groups is 1. The zero-order valence-corrected chi connectivity index (χ0v) is 12.4. The summed E-state index contributed by atoms with van der Waals surface area (Å²) in [5.74, 6) is -0.403. The van der Waals surface area contributed by atoms with E-state index in [0.29, 0.717) is 13.1 Å². The predicted octanol–water partition coefficient (Wildman–Crippen LogP) is 0.747. The lowest BCUT2D eigenvalue weighted by atomic mass is 10.1. The summed E-state index contributed by atoms with van der Waals surface area (Å²) in [6, 6.07) is -1.69. The number of nitrogens with zero attached hydrogens (tertiary/aromatic N) is 1. The Morgan fingerprint density at radius 2 is 2.00 bits per heavy atom. The molecule has 2 atom stereocenters. The van der Waals surface area contributed by atoms with E-state index in [9.17, 15) is 14.7 Å². The molecule has 7 heteroatoms. The number of carboxylic acid groups (broad SMARTS) is 1. The number of carbonyl (C=O) groups excluding carboxylic acids is 1. The summed E-state index contributed by atoms with van der Waals surface area (Å²) < 4.78 is 0.130. The second-order valence-corrected chi connectivity index (χ2v) is 7.15. The van der Waals surface area contributed by atoms with Crippen molar-refractivity contribution >= 4 is 23.8 Å². The molecular formula is C12H22N2O4S. The topological polar surface area (TPSA) is 89.9 Å². The Hall–Kier alpha value is -0.950. The van der Waals surface area contributed by atoms with Crippen LogP contribution in [-0.4, -0.2) is 62.8 Å². The van der Waals surface area contributed by atoms with Gasteiger partial charge in [0.25, 0.3) is 0 Å². The van der Waals surface area contributed by atoms with E-state index in [-0.39, 0.29) is 4.75 Å². The van der Waals surface area contributed by atoms with Crippen LogP contribution < -0.4 is 5.32 Å². The van der Waals surface area contributed by atoms with Crippen LogP contribution in [0.1, 0.15) is 27.2 Å². The largest absolute Gasteiger partial charge is 0.480 e. The minimum Gasteiger partial charge on any atom is -0.480 e. The second kappa shape index (κ2) is 6.47. The van der Waals surface area contributed by atoms with Crippen LogP contribution in [0.25, 0.3) is 0 Å². The molecule has 1 fully saturated rings. The summed E-state index contributed by atoms with van der Waals surface area (Å²) in [5.41, 5.74) is 0. The van der Waals surface area contributed by atoms with Gasteiger partial charge < -0.3 is 20.4 Å². The first kappa shape index (κ1) is 16.1. The molecule has 110 valence electrons. The van der Waals surface area contributed by atoms with Gasteiger partial charge in [0.2, 0.25) is 0 Å². The Bertz CT molecular complexity index is 347. The van der Waals surface area contributed by atoms with Crippen molar-refractivity contribution < 1.29 is 19.8 Å². The fraction of sp³-hybridized carbons (Fsp3) is 0.833. The molecule has 6 nitrogen and oxygen atoms in total. The molecule has 2 amide bonds. The van der Waals surface area contributed by atoms with Crippen molar-refractivity contribution in [2.75, 3.05) is 18.8 Å². The van der Waals surface area contributed by atoms with E-state index >= 15 is 0 Å². The normalized spacial score (nSPS) is 22.2. The summed E-state index contributed by atoms with van der Waals surface area (Å²) in [4.78, 5) is 24.6. The molecule has 1 aliphatic rings. The molecule has 1 saturated heterocycles. The van der Waals surface area contributed by atoms with Crippen LogP contribution in [-0.2, 0) is 4.79 Å². The smallest absolute Gasteiger partial charge is 0.328 e. The van der Waals surface area contributed by atoms with E-state index in [0.717, 1.165) is 12.2 Å². The van der Waals surface area contributed by atoms with Crippen LogP contribution in [0.3, 0.4) is 0 Å². The van der Waals surface area contributed by atoms with Crippen LogP contribution in [0.2, 0.25) is 0 Å². The number of hydrogen-bond acceptors (Lipinski definition) is 4. The zero-order chi connectivity index (χ0) is 14.6. The number of aliphatic hydroxyl groups is 1. The van der Waals surface area contributed by atoms with E-state index in [1.54, 1.807) is 16.7 Å². The van der Waals surface area contributed by atoms with Crippen molar-refractivity contribution in [2.24, 2.45) is 0 Å². The van der Waals surface area contributed by atoms with Gasteiger partial charge in [0.15, 0.2) is 6.04 Å². The highest BCUT2D eigenvalue weighted by Gasteiger charge is 2.30. The summed E-state index contributed by atoms with van der Waals surface area (Å²) in [7, 11) is 0. The molecule has 2 unspecified atom stereocenters. The van der Waals surface area contributed by atoms with E-state index in [1.807, 2.05) is 0 Å². The molecule has 19 heavy (non-hydrogen) atoms. The second-order valence-electron chi connectivity index (χ2n) is 5.35. The van der Waals surface area contributed by atoms with Crippen LogP contribution in [0.4, 0.5) is 4.79 Å². The van der Waals surface area contributed by atoms with Gasteiger partial charge in [-0.05, 0) is 13.3 Å². The van der Waals surface area contributed by atoms with Gasteiger partial charge in [-0.25, -0.2) is 9.59 Å². The molecule has 0 aromatic heterocycles. The van der Waals surface area contributed by atoms with Crippen LogP contribution in [0, 0.1) is 0 Å². The van der Waals surface area contributed by atoms with Crippen molar-refractivity contribution in [1.82, 2.24) is 10.2 Å². The highest BCUT2D eigenvalue weighted by atomic mass is 32.2. The summed E-state index contributed by atoms with van der Waals surface area (Å²) in [5, 5.41) is 20.7. The number of aliphatic hydroxyl groups excluding tert-OH is 1. The Kier molecular flexibility index (Phi) is 5.49. The van der Waals surface area contributed by atoms with Crippen molar-refractivity contribution in [3.05, 3.63) is 0 Å². The number of aliphatic carboxylic acids is 1. The quantitative estimate of drug-likeness (QED) is 0.713. The lowest BCUT2D eigenvalue weighted by Crippen LogP contribution is -2.52. The maximum atomic E-state index is 12.0. The van der Waals surface area contributed by atoms with Crippen LogP contribution in [0.5, 0.6) is 0 Å². The van der Waals surface area contributed by atoms with Crippen molar-refractivity contribution in [3.8, 4) is 0 Å². The van der Waals surface area contributed by atoms with Crippen LogP contribution in [0.15, 0.2) is 0 Å². The number of urea groups is 1. The highest BCUT2D eigenvalue weighted by Crippen LogP contribution is 2.30. The number of carbonyl (C=O) groups is 2. The third-order valence-electron chi connectivity index (χ3n) is 3.15. The molecule has 0 aromatic rings. The number of nitrogens with one attached hydrogen (secondary N) is 1. The monoisotopic (exact) mass is 290 g/mol. The molecule has 0 aliphatic carbocycles. The van der Waals surface area contributed by atoms with Gasteiger partial charge in [0.1, 0.15) is 0 Å². The predicted molar refractivity (Wildman–Crippen MR) is 74.4 cm³/mol. The third-order valence-corrected chi connectivity index (χ3v) is 4.52. The maximum absolute atomic E-state index is 12.0. The van der Waals surface area contributed by atoms with Crippen LogP contribution >= 0.6 is 11.8 Å². The molecule has 0 saturated carbocycles. The third kappa shape index (κ3) is 4.91.